The second-order valence-electron chi connectivity index (χ2n) is 5.03. The molecule has 0 spiro atoms. The van der Waals surface area contributed by atoms with Crippen molar-refractivity contribution in [1.82, 2.24) is 10.6 Å². The SMILES string of the molecule is Cl.O=C(NC1C2CNCC21)c1ccccc1C(F)(F)F. The lowest BCUT2D eigenvalue weighted by Crippen LogP contribution is -2.33. The molecule has 2 aliphatic rings. The number of halogens is 4. The van der Waals surface area contributed by atoms with Crippen LogP contribution in [0.4, 0.5) is 13.2 Å². The van der Waals surface area contributed by atoms with Gasteiger partial charge in [0.1, 0.15) is 0 Å². The van der Waals surface area contributed by atoms with E-state index >= 15 is 0 Å². The monoisotopic (exact) mass is 306 g/mol. The van der Waals surface area contributed by atoms with Gasteiger partial charge in [0.25, 0.3) is 5.91 Å². The minimum Gasteiger partial charge on any atom is -0.349 e. The number of hydrogen-bond donors (Lipinski definition) is 2. The number of hydrogen-bond acceptors (Lipinski definition) is 2. The summed E-state index contributed by atoms with van der Waals surface area (Å²) in [7, 11) is 0. The molecule has 1 amide bonds. The van der Waals surface area contributed by atoms with Crippen molar-refractivity contribution in [3.63, 3.8) is 0 Å². The van der Waals surface area contributed by atoms with E-state index in [9.17, 15) is 18.0 Å². The predicted octanol–water partition coefficient (Wildman–Crippen LogP) is 2.07. The molecule has 20 heavy (non-hydrogen) atoms. The van der Waals surface area contributed by atoms with Crippen molar-refractivity contribution in [2.75, 3.05) is 13.1 Å². The minimum absolute atomic E-state index is 0. The van der Waals surface area contributed by atoms with Crippen LogP contribution in [0.25, 0.3) is 0 Å². The lowest BCUT2D eigenvalue weighted by molar-refractivity contribution is -0.137. The van der Waals surface area contributed by atoms with Crippen molar-refractivity contribution in [2.45, 2.75) is 12.2 Å². The molecule has 1 heterocycles. The molecular weight excluding hydrogens is 293 g/mol. The summed E-state index contributed by atoms with van der Waals surface area (Å²) in [5.74, 6) is 0.122. The van der Waals surface area contributed by atoms with Gasteiger partial charge in [-0.15, -0.1) is 12.4 Å². The summed E-state index contributed by atoms with van der Waals surface area (Å²) in [6, 6.07) is 4.91. The van der Waals surface area contributed by atoms with Crippen LogP contribution in [-0.4, -0.2) is 25.0 Å². The number of fused-ring (bicyclic) bond motifs is 1. The number of nitrogens with one attached hydrogen (secondary N) is 2. The van der Waals surface area contributed by atoms with Crippen molar-refractivity contribution < 1.29 is 18.0 Å². The summed E-state index contributed by atoms with van der Waals surface area (Å²) in [4.78, 5) is 12.0. The first-order chi connectivity index (χ1) is 8.98. The summed E-state index contributed by atoms with van der Waals surface area (Å²) in [6.07, 6.45) is -4.51. The molecule has 2 unspecified atom stereocenters. The Morgan fingerprint density at radius 1 is 1.20 bits per heavy atom. The van der Waals surface area contributed by atoms with Gasteiger partial charge in [-0.25, -0.2) is 0 Å². The highest BCUT2D eigenvalue weighted by molar-refractivity contribution is 5.96. The van der Waals surface area contributed by atoms with E-state index in [1.165, 1.54) is 18.2 Å². The highest BCUT2D eigenvalue weighted by Gasteiger charge is 2.53. The lowest BCUT2D eigenvalue weighted by Gasteiger charge is -2.13. The van der Waals surface area contributed by atoms with E-state index in [2.05, 4.69) is 10.6 Å². The summed E-state index contributed by atoms with van der Waals surface area (Å²) in [5, 5.41) is 5.87. The largest absolute Gasteiger partial charge is 0.417 e. The average Bonchev–Trinajstić information content (AvgIpc) is 2.81. The zero-order valence-electron chi connectivity index (χ0n) is 10.4. The number of amides is 1. The molecule has 3 rings (SSSR count). The molecule has 110 valence electrons. The third-order valence-electron chi connectivity index (χ3n) is 3.87. The average molecular weight is 307 g/mol. The number of carbonyl (C=O) groups is 1. The van der Waals surface area contributed by atoms with Gasteiger partial charge in [0, 0.05) is 19.1 Å². The van der Waals surface area contributed by atoms with E-state index in [0.29, 0.717) is 11.8 Å². The van der Waals surface area contributed by atoms with Gasteiger partial charge in [-0.2, -0.15) is 13.2 Å². The Morgan fingerprint density at radius 2 is 1.80 bits per heavy atom. The Labute approximate surface area is 120 Å². The molecular formula is C13H14ClF3N2O. The van der Waals surface area contributed by atoms with Crippen molar-refractivity contribution in [3.8, 4) is 0 Å². The van der Waals surface area contributed by atoms with Crippen molar-refractivity contribution >= 4 is 18.3 Å². The molecule has 2 atom stereocenters. The molecule has 7 heteroatoms. The number of piperidine rings is 1. The Morgan fingerprint density at radius 3 is 2.40 bits per heavy atom. The van der Waals surface area contributed by atoms with Gasteiger partial charge in [-0.3, -0.25) is 4.79 Å². The van der Waals surface area contributed by atoms with E-state index < -0.39 is 17.6 Å². The number of rotatable bonds is 2. The summed E-state index contributed by atoms with van der Waals surface area (Å²) >= 11 is 0. The number of carbonyl (C=O) groups excluding carboxylic acids is 1. The quantitative estimate of drug-likeness (QED) is 0.878. The van der Waals surface area contributed by atoms with E-state index in [0.717, 1.165) is 19.2 Å². The molecule has 0 aromatic heterocycles. The Hall–Kier alpha value is -1.27. The van der Waals surface area contributed by atoms with Gasteiger partial charge < -0.3 is 10.6 Å². The fourth-order valence-corrected chi connectivity index (χ4v) is 2.79. The van der Waals surface area contributed by atoms with Crippen LogP contribution in [0.15, 0.2) is 24.3 Å². The van der Waals surface area contributed by atoms with Gasteiger partial charge in [-0.05, 0) is 24.0 Å². The molecule has 1 saturated heterocycles. The fourth-order valence-electron chi connectivity index (χ4n) is 2.79. The van der Waals surface area contributed by atoms with Crippen LogP contribution in [0.2, 0.25) is 0 Å². The van der Waals surface area contributed by atoms with Crippen LogP contribution >= 0.6 is 12.4 Å². The van der Waals surface area contributed by atoms with E-state index in [-0.39, 0.29) is 24.0 Å². The molecule has 0 bridgehead atoms. The van der Waals surface area contributed by atoms with Crippen molar-refractivity contribution in [2.24, 2.45) is 11.8 Å². The maximum absolute atomic E-state index is 12.8. The summed E-state index contributed by atoms with van der Waals surface area (Å²) in [6.45, 7) is 1.66. The smallest absolute Gasteiger partial charge is 0.349 e. The van der Waals surface area contributed by atoms with Crippen LogP contribution in [-0.2, 0) is 6.18 Å². The maximum atomic E-state index is 12.8. The first-order valence-electron chi connectivity index (χ1n) is 6.16. The number of benzene rings is 1. The molecule has 1 aliphatic carbocycles. The normalized spacial score (nSPS) is 27.4. The Balaban J connectivity index is 0.00000147. The van der Waals surface area contributed by atoms with Gasteiger partial charge in [0.05, 0.1) is 11.1 Å². The van der Waals surface area contributed by atoms with E-state index in [4.69, 9.17) is 0 Å². The summed E-state index contributed by atoms with van der Waals surface area (Å²) < 4.78 is 38.4. The standard InChI is InChI=1S/C13H13F3N2O.ClH/c14-13(15,16)10-4-2-1-3-7(10)12(19)18-11-8-5-17-6-9(8)11;/h1-4,8-9,11,17H,5-6H2,(H,18,19);1H. The molecule has 0 radical (unpaired) electrons. The second-order valence-corrected chi connectivity index (χ2v) is 5.03. The van der Waals surface area contributed by atoms with Gasteiger partial charge >= 0.3 is 6.18 Å². The Kier molecular flexibility index (Phi) is 3.97. The van der Waals surface area contributed by atoms with Crippen molar-refractivity contribution in [3.05, 3.63) is 35.4 Å². The zero-order valence-corrected chi connectivity index (χ0v) is 11.2. The fraction of sp³-hybridized carbons (Fsp3) is 0.462. The van der Waals surface area contributed by atoms with Crippen molar-refractivity contribution in [1.29, 1.82) is 0 Å². The third-order valence-corrected chi connectivity index (χ3v) is 3.87. The van der Waals surface area contributed by atoms with Crippen LogP contribution in [0, 0.1) is 11.8 Å². The molecule has 1 saturated carbocycles. The molecule has 1 aromatic carbocycles. The second kappa shape index (κ2) is 5.26. The molecule has 1 aliphatic heterocycles. The first kappa shape index (κ1) is 15.1. The maximum Gasteiger partial charge on any atom is 0.417 e. The topological polar surface area (TPSA) is 41.1 Å². The highest BCUT2D eigenvalue weighted by Crippen LogP contribution is 2.42. The van der Waals surface area contributed by atoms with Gasteiger partial charge in [0.2, 0.25) is 0 Å². The van der Waals surface area contributed by atoms with Crippen LogP contribution in [0.5, 0.6) is 0 Å². The van der Waals surface area contributed by atoms with Crippen LogP contribution in [0.3, 0.4) is 0 Å². The number of alkyl halides is 3. The predicted molar refractivity (Wildman–Crippen MR) is 69.8 cm³/mol. The van der Waals surface area contributed by atoms with E-state index in [1.807, 2.05) is 0 Å². The van der Waals surface area contributed by atoms with Crippen LogP contribution < -0.4 is 10.6 Å². The zero-order chi connectivity index (χ0) is 13.6. The molecule has 2 N–H and O–H groups in total. The Bertz CT molecular complexity index is 511. The first-order valence-corrected chi connectivity index (χ1v) is 6.16. The summed E-state index contributed by atoms with van der Waals surface area (Å²) in [5.41, 5.74) is -1.18. The van der Waals surface area contributed by atoms with Crippen LogP contribution in [0.1, 0.15) is 15.9 Å². The van der Waals surface area contributed by atoms with E-state index in [1.54, 1.807) is 0 Å². The third kappa shape index (κ3) is 2.62. The van der Waals surface area contributed by atoms with Gasteiger partial charge in [-0.1, -0.05) is 12.1 Å². The highest BCUT2D eigenvalue weighted by atomic mass is 35.5. The van der Waals surface area contributed by atoms with Gasteiger partial charge in [0.15, 0.2) is 0 Å². The molecule has 1 aromatic rings. The molecule has 2 fully saturated rings. The lowest BCUT2D eigenvalue weighted by atomic mass is 10.1. The minimum atomic E-state index is -4.51. The molecule has 3 nitrogen and oxygen atoms in total.